The van der Waals surface area contributed by atoms with Crippen molar-refractivity contribution in [3.05, 3.63) is 47.0 Å². The lowest BCUT2D eigenvalue weighted by Gasteiger charge is -2.43. The van der Waals surface area contributed by atoms with Crippen molar-refractivity contribution in [1.82, 2.24) is 14.9 Å². The Hall–Kier alpha value is -3.47. The maximum atomic E-state index is 13.5. The number of amides is 1. The average molecular weight is 422 g/mol. The van der Waals surface area contributed by atoms with Crippen LogP contribution in [0.5, 0.6) is 0 Å². The average Bonchev–Trinajstić information content (AvgIpc) is 3.01. The van der Waals surface area contributed by atoms with Gasteiger partial charge in [-0.2, -0.15) is 0 Å². The number of aliphatic hydroxyl groups is 1. The summed E-state index contributed by atoms with van der Waals surface area (Å²) in [6.45, 7) is 1.36. The molecule has 1 aliphatic rings. The lowest BCUT2D eigenvalue weighted by Crippen LogP contribution is -2.58. The number of aliphatic carboxylic acids is 1. The number of aliphatic hydroxyl groups excluding tert-OH is 1. The largest absolute Gasteiger partial charge is 0.483 e. The number of H-pyrrole nitrogens is 1. The number of anilines is 1. The van der Waals surface area contributed by atoms with E-state index in [-0.39, 0.29) is 44.0 Å². The van der Waals surface area contributed by atoms with E-state index in [1.807, 2.05) is 0 Å². The Morgan fingerprint density at radius 3 is 2.67 bits per heavy atom. The number of carbonyl (C=O) groups excluding carboxylic acids is 1. The summed E-state index contributed by atoms with van der Waals surface area (Å²) >= 11 is 0. The number of benzene rings is 1. The van der Waals surface area contributed by atoms with Crippen molar-refractivity contribution in [3.8, 4) is 0 Å². The number of carbonyl (C=O) groups is 3. The summed E-state index contributed by atoms with van der Waals surface area (Å²) in [5, 5.41) is 27.3. The molecule has 0 saturated carbocycles. The molecule has 1 fully saturated rings. The van der Waals surface area contributed by atoms with Gasteiger partial charge in [0.2, 0.25) is 0 Å². The van der Waals surface area contributed by atoms with Gasteiger partial charge in [0, 0.05) is 18.8 Å². The maximum absolute atomic E-state index is 13.5. The third kappa shape index (κ3) is 4.74. The number of aromatic nitrogens is 2. The zero-order valence-corrected chi connectivity index (χ0v) is 16.2. The van der Waals surface area contributed by atoms with Crippen LogP contribution < -0.4 is 5.73 Å². The van der Waals surface area contributed by atoms with Crippen molar-refractivity contribution >= 4 is 24.3 Å². The molecule has 162 valence electrons. The number of nitrogens with zero attached hydrogens (tertiary/aromatic N) is 2. The first-order valence-electron chi connectivity index (χ1n) is 8.99. The summed E-state index contributed by atoms with van der Waals surface area (Å²) in [6, 6.07) is 5.57. The van der Waals surface area contributed by atoms with Crippen molar-refractivity contribution in [2.45, 2.75) is 25.9 Å². The number of nitrogen functional groups attached to an aromatic ring is 1. The van der Waals surface area contributed by atoms with Crippen LogP contribution in [0.2, 0.25) is 0 Å². The lowest BCUT2D eigenvalue weighted by molar-refractivity contribution is -0.161. The molecule has 11 heteroatoms. The molecule has 1 aromatic heterocycles. The van der Waals surface area contributed by atoms with Crippen LogP contribution in [0.3, 0.4) is 0 Å². The molecule has 0 bridgehead atoms. The van der Waals surface area contributed by atoms with Gasteiger partial charge >= 0.3 is 5.97 Å². The van der Waals surface area contributed by atoms with Crippen molar-refractivity contribution in [3.63, 3.8) is 0 Å². The number of piperidine rings is 1. The fourth-order valence-electron chi connectivity index (χ4n) is 3.56. The van der Waals surface area contributed by atoms with Gasteiger partial charge in [0.15, 0.2) is 11.6 Å². The van der Waals surface area contributed by atoms with Gasteiger partial charge in [0.1, 0.15) is 11.2 Å². The van der Waals surface area contributed by atoms with E-state index in [9.17, 15) is 24.2 Å². The predicted molar refractivity (Wildman–Crippen MR) is 103 cm³/mol. The number of aromatic amines is 1. The van der Waals surface area contributed by atoms with E-state index in [1.165, 1.54) is 23.1 Å². The second kappa shape index (κ2) is 9.35. The van der Waals surface area contributed by atoms with Crippen LogP contribution in [0.15, 0.2) is 24.3 Å². The van der Waals surface area contributed by atoms with Gasteiger partial charge in [-0.1, -0.05) is 12.1 Å². The summed E-state index contributed by atoms with van der Waals surface area (Å²) in [5.41, 5.74) is 4.97. The molecule has 0 aliphatic carbocycles. The molecule has 1 aliphatic heterocycles. The molecule has 2 atom stereocenters. The zero-order chi connectivity index (χ0) is 22.5. The minimum absolute atomic E-state index is 0.0896. The molecule has 2 aromatic rings. The van der Waals surface area contributed by atoms with Gasteiger partial charge in [-0.25, -0.2) is 9.37 Å². The molecule has 1 aromatic carbocycles. The van der Waals surface area contributed by atoms with Gasteiger partial charge in [-0.05, 0) is 37.5 Å². The monoisotopic (exact) mass is 422 g/mol. The molecule has 3 rings (SSSR count). The Labute approximate surface area is 171 Å². The smallest absolute Gasteiger partial charge is 0.314 e. The molecule has 10 nitrogen and oxygen atoms in total. The number of imidazole rings is 1. The van der Waals surface area contributed by atoms with E-state index in [0.717, 1.165) is 0 Å². The predicted octanol–water partition coefficient (Wildman–Crippen LogP) is 0.661. The van der Waals surface area contributed by atoms with Gasteiger partial charge in [0.25, 0.3) is 12.4 Å². The van der Waals surface area contributed by atoms with Crippen molar-refractivity contribution in [2.75, 3.05) is 18.8 Å². The van der Waals surface area contributed by atoms with Crippen LogP contribution in [0, 0.1) is 18.2 Å². The number of likely N-dealkylation sites (tertiary alicyclic amines) is 1. The van der Waals surface area contributed by atoms with Crippen molar-refractivity contribution in [2.24, 2.45) is 5.41 Å². The molecule has 1 saturated heterocycles. The fraction of sp³-hybridized carbons (Fsp3) is 0.368. The quantitative estimate of drug-likeness (QED) is 0.447. The second-order valence-corrected chi connectivity index (χ2v) is 7.00. The Morgan fingerprint density at radius 2 is 2.13 bits per heavy atom. The van der Waals surface area contributed by atoms with Crippen LogP contribution in [0.4, 0.5) is 10.3 Å². The van der Waals surface area contributed by atoms with E-state index < -0.39 is 29.2 Å². The third-order valence-corrected chi connectivity index (χ3v) is 5.01. The third-order valence-electron chi connectivity index (χ3n) is 5.01. The number of nitrogens with two attached hydrogens (primary N) is 1. The summed E-state index contributed by atoms with van der Waals surface area (Å²) in [5.74, 6) is -2.10. The minimum atomic E-state index is -1.64. The molecule has 30 heavy (non-hydrogen) atoms. The summed E-state index contributed by atoms with van der Waals surface area (Å²) in [4.78, 5) is 41.3. The number of hydrogen-bond donors (Lipinski definition) is 5. The molecule has 0 unspecified atom stereocenters. The van der Waals surface area contributed by atoms with Crippen LogP contribution in [0.1, 0.15) is 28.2 Å². The molecular weight excluding hydrogens is 399 g/mol. The number of hydrogen-bond acceptors (Lipinski definition) is 6. The Bertz CT molecular complexity index is 933. The number of carboxylic acid groups (broad SMARTS) is 2. The maximum Gasteiger partial charge on any atom is 0.314 e. The first-order valence-corrected chi connectivity index (χ1v) is 8.99. The Morgan fingerprint density at radius 1 is 1.47 bits per heavy atom. The standard InChI is InChI=1S/C18H21FN4O4.CH2O2/c1-10-14(22-17(20)21-10)15(25)23-6-5-13(24)18(9-23,16(26)27)8-11-3-2-4-12(19)7-11;2-1-3/h2-4,7,13,24H,5-6,8-9H2,1H3,(H,26,27)(H3,20,21,22);1H,(H,2,3)/t13-,18-;/m1./s1. The molecule has 6 N–H and O–H groups in total. The SMILES string of the molecule is Cc1[nH]c(N)nc1C(=O)N1CC[C@@H](O)[C@](Cc2cccc(F)c2)(C(=O)O)C1.O=CO. The highest BCUT2D eigenvalue weighted by Gasteiger charge is 2.50. The zero-order valence-electron chi connectivity index (χ0n) is 16.2. The molecule has 0 radical (unpaired) electrons. The van der Waals surface area contributed by atoms with Crippen molar-refractivity contribution in [1.29, 1.82) is 0 Å². The van der Waals surface area contributed by atoms with Gasteiger partial charge in [-0.3, -0.25) is 14.4 Å². The first-order chi connectivity index (χ1) is 14.1. The van der Waals surface area contributed by atoms with E-state index in [2.05, 4.69) is 9.97 Å². The number of rotatable bonds is 4. The van der Waals surface area contributed by atoms with E-state index in [0.29, 0.717) is 11.3 Å². The molecule has 2 heterocycles. The summed E-state index contributed by atoms with van der Waals surface area (Å²) in [7, 11) is 0. The molecule has 0 spiro atoms. The Balaban J connectivity index is 0.00000101. The van der Waals surface area contributed by atoms with Crippen molar-refractivity contribution < 1.29 is 34.1 Å². The van der Waals surface area contributed by atoms with Gasteiger partial charge in [-0.15, -0.1) is 0 Å². The normalized spacial score (nSPS) is 20.8. The topological polar surface area (TPSA) is 170 Å². The number of aryl methyl sites for hydroxylation is 1. The minimum Gasteiger partial charge on any atom is -0.483 e. The highest BCUT2D eigenvalue weighted by molar-refractivity contribution is 5.94. The fourth-order valence-corrected chi connectivity index (χ4v) is 3.56. The van der Waals surface area contributed by atoms with Crippen LogP contribution >= 0.6 is 0 Å². The number of carboxylic acids is 1. The number of halogens is 1. The molecular formula is C19H23FN4O6. The van der Waals surface area contributed by atoms with Gasteiger partial charge < -0.3 is 30.9 Å². The number of nitrogens with one attached hydrogen (secondary N) is 1. The second-order valence-electron chi connectivity index (χ2n) is 7.00. The first kappa shape index (κ1) is 22.8. The highest BCUT2D eigenvalue weighted by atomic mass is 19.1. The van der Waals surface area contributed by atoms with Crippen LogP contribution in [-0.2, 0) is 16.0 Å². The van der Waals surface area contributed by atoms with Crippen LogP contribution in [0.25, 0.3) is 0 Å². The van der Waals surface area contributed by atoms with E-state index >= 15 is 0 Å². The lowest BCUT2D eigenvalue weighted by atomic mass is 9.72. The summed E-state index contributed by atoms with van der Waals surface area (Å²) in [6.07, 6.45) is -1.19. The van der Waals surface area contributed by atoms with Gasteiger partial charge in [0.05, 0.1) is 6.10 Å². The Kier molecular flexibility index (Phi) is 7.11. The highest BCUT2D eigenvalue weighted by Crippen LogP contribution is 2.35. The molecule has 1 amide bonds. The summed E-state index contributed by atoms with van der Waals surface area (Å²) < 4.78 is 13.5. The van der Waals surface area contributed by atoms with Crippen LogP contribution in [-0.4, -0.2) is 67.7 Å². The van der Waals surface area contributed by atoms with E-state index in [1.54, 1.807) is 13.0 Å². The van der Waals surface area contributed by atoms with E-state index in [4.69, 9.17) is 15.6 Å².